The van der Waals surface area contributed by atoms with Gasteiger partial charge < -0.3 is 20.3 Å². The molecule has 1 aromatic carbocycles. The normalized spacial score (nSPS) is 15.4. The highest BCUT2D eigenvalue weighted by Gasteiger charge is 2.33. The fourth-order valence-electron chi connectivity index (χ4n) is 4.38. The Morgan fingerprint density at radius 1 is 1.13 bits per heavy atom. The average Bonchev–Trinajstić information content (AvgIpc) is 3.25. The van der Waals surface area contributed by atoms with Crippen LogP contribution in [0.25, 0.3) is 0 Å². The van der Waals surface area contributed by atoms with Crippen LogP contribution < -0.4 is 15.5 Å². The molecule has 1 atom stereocenters. The van der Waals surface area contributed by atoms with E-state index in [1.807, 2.05) is 4.90 Å². The molecule has 2 aromatic rings. The van der Waals surface area contributed by atoms with Gasteiger partial charge in [-0.25, -0.2) is 4.39 Å². The van der Waals surface area contributed by atoms with Crippen LogP contribution in [0.15, 0.2) is 30.3 Å². The van der Waals surface area contributed by atoms with E-state index >= 15 is 4.39 Å². The van der Waals surface area contributed by atoms with Crippen molar-refractivity contribution in [1.82, 2.24) is 10.2 Å². The number of nitrogens with zero attached hydrogens (tertiary/aromatic N) is 2. The predicted molar refractivity (Wildman–Crippen MR) is 154 cm³/mol. The molecule has 1 aliphatic heterocycles. The van der Waals surface area contributed by atoms with Crippen molar-refractivity contribution in [3.05, 3.63) is 45.4 Å². The summed E-state index contributed by atoms with van der Waals surface area (Å²) >= 11 is 7.15. The SMILES string of the molecule is CC(C)(C)CN(CC(C)(C)C)[C@@H](CNC(=O)c1ccc(Cl)s1)C(=O)Nc1ccc(N2CCOCC2=O)cc1F. The molecule has 1 aliphatic rings. The Hall–Kier alpha value is -2.53. The molecule has 1 fully saturated rings. The van der Waals surface area contributed by atoms with Gasteiger partial charge in [0.1, 0.15) is 18.5 Å². The Kier molecular flexibility index (Phi) is 10.1. The van der Waals surface area contributed by atoms with Gasteiger partial charge in [0.15, 0.2) is 0 Å². The molecule has 0 saturated carbocycles. The number of rotatable bonds is 9. The van der Waals surface area contributed by atoms with Crippen LogP contribution in [0.2, 0.25) is 4.34 Å². The molecule has 0 spiro atoms. The zero-order chi connectivity index (χ0) is 29.0. The maximum atomic E-state index is 15.2. The van der Waals surface area contributed by atoms with E-state index in [4.69, 9.17) is 16.3 Å². The van der Waals surface area contributed by atoms with Crippen molar-refractivity contribution in [1.29, 1.82) is 0 Å². The van der Waals surface area contributed by atoms with Crippen LogP contribution in [0, 0.1) is 16.6 Å². The van der Waals surface area contributed by atoms with Crippen LogP contribution >= 0.6 is 22.9 Å². The Morgan fingerprint density at radius 2 is 1.79 bits per heavy atom. The number of morpholine rings is 1. The summed E-state index contributed by atoms with van der Waals surface area (Å²) in [5.41, 5.74) is 0.107. The first-order valence-corrected chi connectivity index (χ1v) is 14.1. The lowest BCUT2D eigenvalue weighted by Gasteiger charge is -2.39. The number of benzene rings is 1. The average molecular weight is 581 g/mol. The monoisotopic (exact) mass is 580 g/mol. The number of nitrogens with one attached hydrogen (secondary N) is 2. The zero-order valence-corrected chi connectivity index (χ0v) is 25.0. The van der Waals surface area contributed by atoms with Gasteiger partial charge >= 0.3 is 0 Å². The molecule has 0 bridgehead atoms. The van der Waals surface area contributed by atoms with Gasteiger partial charge in [0.25, 0.3) is 11.8 Å². The van der Waals surface area contributed by atoms with Gasteiger partial charge in [0.05, 0.1) is 21.5 Å². The highest BCUT2D eigenvalue weighted by atomic mass is 35.5. The lowest BCUT2D eigenvalue weighted by atomic mass is 9.90. The van der Waals surface area contributed by atoms with Gasteiger partial charge in [-0.2, -0.15) is 0 Å². The topological polar surface area (TPSA) is 91.0 Å². The molecule has 11 heteroatoms. The first-order valence-electron chi connectivity index (χ1n) is 12.9. The molecule has 1 saturated heterocycles. The van der Waals surface area contributed by atoms with Crippen LogP contribution in [0.5, 0.6) is 0 Å². The van der Waals surface area contributed by atoms with Gasteiger partial charge in [-0.1, -0.05) is 53.1 Å². The summed E-state index contributed by atoms with van der Waals surface area (Å²) in [4.78, 5) is 42.6. The summed E-state index contributed by atoms with van der Waals surface area (Å²) in [5, 5.41) is 5.58. The summed E-state index contributed by atoms with van der Waals surface area (Å²) in [6.07, 6.45) is 0. The van der Waals surface area contributed by atoms with E-state index in [-0.39, 0.29) is 41.5 Å². The molecule has 1 aromatic heterocycles. The second-order valence-electron chi connectivity index (χ2n) is 12.1. The highest BCUT2D eigenvalue weighted by molar-refractivity contribution is 7.18. The first-order chi connectivity index (χ1) is 18.1. The molecule has 0 radical (unpaired) electrons. The number of anilines is 2. The number of carbonyl (C=O) groups is 3. The molecule has 3 rings (SSSR count). The van der Waals surface area contributed by atoms with Crippen LogP contribution in [0.4, 0.5) is 15.8 Å². The maximum absolute atomic E-state index is 15.2. The number of thiophene rings is 1. The fraction of sp³-hybridized carbons (Fsp3) is 0.536. The molecule has 214 valence electrons. The van der Waals surface area contributed by atoms with Crippen molar-refractivity contribution in [3.8, 4) is 0 Å². The number of hydrogen-bond donors (Lipinski definition) is 2. The van der Waals surface area contributed by atoms with Crippen molar-refractivity contribution in [2.75, 3.05) is 49.6 Å². The minimum absolute atomic E-state index is 0.00251. The lowest BCUT2D eigenvalue weighted by Crippen LogP contribution is -2.54. The van der Waals surface area contributed by atoms with E-state index in [9.17, 15) is 14.4 Å². The second-order valence-corrected chi connectivity index (χ2v) is 13.8. The van der Waals surface area contributed by atoms with Crippen LogP contribution in [-0.2, 0) is 14.3 Å². The summed E-state index contributed by atoms with van der Waals surface area (Å²) in [6, 6.07) is 6.79. The smallest absolute Gasteiger partial charge is 0.261 e. The van der Waals surface area contributed by atoms with E-state index in [1.54, 1.807) is 18.2 Å². The standard InChI is InChI=1S/C28H38ClFN4O4S/c1-27(2,3)16-33(17-28(4,5)6)21(14-31-26(37)22-9-10-23(29)39-22)25(36)32-20-8-7-18(13-19(20)30)34-11-12-38-15-24(34)35/h7-10,13,21H,11-12,14-17H2,1-6H3,(H,31,37)(H,32,36)/t21-/m0/s1. The van der Waals surface area contributed by atoms with Crippen molar-refractivity contribution in [2.45, 2.75) is 47.6 Å². The Morgan fingerprint density at radius 3 is 2.33 bits per heavy atom. The predicted octanol–water partition coefficient (Wildman–Crippen LogP) is 5.04. The summed E-state index contributed by atoms with van der Waals surface area (Å²) < 4.78 is 20.8. The maximum Gasteiger partial charge on any atom is 0.261 e. The van der Waals surface area contributed by atoms with E-state index < -0.39 is 17.8 Å². The number of carbonyl (C=O) groups excluding carboxylic acids is 3. The van der Waals surface area contributed by atoms with Crippen LogP contribution in [0.3, 0.4) is 0 Å². The Labute approximate surface area is 238 Å². The van der Waals surface area contributed by atoms with Crippen LogP contribution in [-0.4, -0.2) is 68.1 Å². The number of hydrogen-bond acceptors (Lipinski definition) is 6. The molecule has 0 unspecified atom stereocenters. The van der Waals surface area contributed by atoms with Gasteiger partial charge in [-0.15, -0.1) is 11.3 Å². The van der Waals surface area contributed by atoms with Gasteiger partial charge in [0.2, 0.25) is 5.91 Å². The Bertz CT molecular complexity index is 1170. The van der Waals surface area contributed by atoms with Crippen molar-refractivity contribution >= 4 is 52.0 Å². The minimum Gasteiger partial charge on any atom is -0.370 e. The molecule has 39 heavy (non-hydrogen) atoms. The van der Waals surface area contributed by atoms with E-state index in [1.165, 1.54) is 17.0 Å². The second kappa shape index (κ2) is 12.8. The number of ether oxygens (including phenoxy) is 1. The third-order valence-corrected chi connectivity index (χ3v) is 7.09. The van der Waals surface area contributed by atoms with Gasteiger partial charge in [-0.3, -0.25) is 19.3 Å². The third-order valence-electron chi connectivity index (χ3n) is 5.86. The molecular weight excluding hydrogens is 543 g/mol. The van der Waals surface area contributed by atoms with Crippen molar-refractivity contribution in [2.24, 2.45) is 10.8 Å². The lowest BCUT2D eigenvalue weighted by molar-refractivity contribution is -0.125. The largest absolute Gasteiger partial charge is 0.370 e. The number of halogens is 2. The Balaban J connectivity index is 1.85. The van der Waals surface area contributed by atoms with Gasteiger partial charge in [0, 0.05) is 31.9 Å². The van der Waals surface area contributed by atoms with E-state index in [0.717, 1.165) is 11.3 Å². The first kappa shape index (κ1) is 31.0. The summed E-state index contributed by atoms with van der Waals surface area (Å²) in [5.74, 6) is -1.68. The van der Waals surface area contributed by atoms with Crippen molar-refractivity contribution < 1.29 is 23.5 Å². The number of amides is 3. The highest BCUT2D eigenvalue weighted by Crippen LogP contribution is 2.26. The zero-order valence-electron chi connectivity index (χ0n) is 23.4. The quantitative estimate of drug-likeness (QED) is 0.434. The molecule has 2 N–H and O–H groups in total. The van der Waals surface area contributed by atoms with Crippen LogP contribution in [0.1, 0.15) is 51.2 Å². The summed E-state index contributed by atoms with van der Waals surface area (Å²) in [7, 11) is 0. The molecule has 2 heterocycles. The van der Waals surface area contributed by atoms with Gasteiger partial charge in [-0.05, 0) is 41.2 Å². The van der Waals surface area contributed by atoms with Crippen molar-refractivity contribution in [3.63, 3.8) is 0 Å². The minimum atomic E-state index is -0.775. The molecule has 8 nitrogen and oxygen atoms in total. The van der Waals surface area contributed by atoms with E-state index in [0.29, 0.717) is 41.1 Å². The molecular formula is C28H38ClFN4O4S. The third kappa shape index (κ3) is 9.27. The fourth-order valence-corrected chi connectivity index (χ4v) is 5.34. The summed E-state index contributed by atoms with van der Waals surface area (Å²) in [6.45, 7) is 14.3. The molecule has 3 amide bonds. The molecule has 0 aliphatic carbocycles. The van der Waals surface area contributed by atoms with E-state index in [2.05, 4.69) is 52.2 Å².